The summed E-state index contributed by atoms with van der Waals surface area (Å²) >= 11 is 13.3. The van der Waals surface area contributed by atoms with Crippen LogP contribution in [0.3, 0.4) is 0 Å². The van der Waals surface area contributed by atoms with Crippen LogP contribution in [0.4, 0.5) is 4.79 Å². The van der Waals surface area contributed by atoms with Gasteiger partial charge in [0, 0.05) is 97.4 Å². The van der Waals surface area contributed by atoms with E-state index in [1.807, 2.05) is 60.9 Å². The van der Waals surface area contributed by atoms with Crippen LogP contribution in [0.5, 0.6) is 11.5 Å². The minimum Gasteiger partial charge on any atom is -0.490 e. The molecule has 6 aromatic rings. The van der Waals surface area contributed by atoms with Crippen LogP contribution in [-0.2, 0) is 53.9 Å². The molecule has 4 fully saturated rings. The number of amides is 2. The molecule has 2 N–H and O–H groups in total. The highest BCUT2D eigenvalue weighted by molar-refractivity contribution is 7.89. The van der Waals surface area contributed by atoms with Crippen molar-refractivity contribution < 1.29 is 40.6 Å². The first-order valence-electron chi connectivity index (χ1n) is 26.9. The number of pyridine rings is 2. The molecule has 0 bridgehead atoms. The highest BCUT2D eigenvalue weighted by atomic mass is 35.5. The number of unbranched alkanes of at least 4 members (excludes halogenated alkanes) is 2. The molecule has 0 radical (unpaired) electrons. The summed E-state index contributed by atoms with van der Waals surface area (Å²) in [6, 6.07) is 29.0. The Morgan fingerprint density at radius 3 is 1.38 bits per heavy atom. The third kappa shape index (κ3) is 13.2. The van der Waals surface area contributed by atoms with Gasteiger partial charge >= 0.3 is 6.03 Å². The maximum absolute atomic E-state index is 13.7. The Bertz CT molecular complexity index is 3130. The number of rotatable bonds is 28. The predicted octanol–water partition coefficient (Wildman–Crippen LogP) is 11.4. The lowest BCUT2D eigenvalue weighted by molar-refractivity contribution is 0.0171. The molecule has 4 saturated carbocycles. The molecule has 19 heteroatoms. The smallest absolute Gasteiger partial charge is 0.314 e. The van der Waals surface area contributed by atoms with Gasteiger partial charge in [0.1, 0.15) is 11.5 Å². The van der Waals surface area contributed by atoms with E-state index in [-0.39, 0.29) is 54.3 Å². The van der Waals surface area contributed by atoms with E-state index in [0.717, 1.165) is 96.2 Å². The standard InChI is InChI=1S/C59H66Cl2N6O9S2/c1-66(77(69,70)45-19-21-53(60)41(35-45)39-73-58(25-26-58)51-37-62-31-23-47(51)49-11-3-5-13-55(49)75-43-15-16-43)33-9-7-29-64-57(68)65-30-8-10-34-67(2)78(71,72)46-20-22-54(61)42(36-46)40-74-59(27-28-59)52-38-63-32-24-48(52)50-12-4-6-14-56(50)76-44-17-18-44/h3-6,11-14,19-24,31-32,35-38,43-44H,7-10,15-18,25-30,33-34,39-40H2,1-2H3,(H2,64,65,68). The molecule has 412 valence electrons. The number of halogens is 2. The van der Waals surface area contributed by atoms with Gasteiger partial charge in [-0.2, -0.15) is 0 Å². The van der Waals surface area contributed by atoms with Crippen molar-refractivity contribution >= 4 is 49.3 Å². The molecule has 10 rings (SSSR count). The van der Waals surface area contributed by atoms with Gasteiger partial charge < -0.3 is 29.6 Å². The minimum atomic E-state index is -3.86. The number of aromatic nitrogens is 2. The zero-order valence-corrected chi connectivity index (χ0v) is 47.1. The first kappa shape index (κ1) is 55.7. The van der Waals surface area contributed by atoms with Gasteiger partial charge in [-0.1, -0.05) is 59.6 Å². The SMILES string of the molecule is CN(CCCCNC(=O)NCCCCN(C)S(=O)(=O)c1ccc(Cl)c(COC2(c3cnccc3-c3ccccc3OC3CC3)CC2)c1)S(=O)(=O)c1ccc(Cl)c(COC2(c3cnccc3-c3ccccc3OC3CC3)CC2)c1. The number of hydrogen-bond acceptors (Lipinski definition) is 11. The number of benzene rings is 4. The van der Waals surface area contributed by atoms with Crippen molar-refractivity contribution in [3.63, 3.8) is 0 Å². The number of hydrogen-bond donors (Lipinski definition) is 2. The summed E-state index contributed by atoms with van der Waals surface area (Å²) in [5, 5.41) is 6.47. The molecular formula is C59H66Cl2N6O9S2. The van der Waals surface area contributed by atoms with E-state index in [0.29, 0.717) is 59.9 Å². The van der Waals surface area contributed by atoms with Gasteiger partial charge in [0.2, 0.25) is 20.0 Å². The van der Waals surface area contributed by atoms with E-state index in [9.17, 15) is 21.6 Å². The first-order chi connectivity index (χ1) is 37.7. The normalized spacial score (nSPS) is 16.5. The molecule has 2 heterocycles. The van der Waals surface area contributed by atoms with E-state index < -0.39 is 31.2 Å². The van der Waals surface area contributed by atoms with Crippen molar-refractivity contribution in [3.8, 4) is 33.8 Å². The van der Waals surface area contributed by atoms with Crippen molar-refractivity contribution in [3.05, 3.63) is 154 Å². The lowest BCUT2D eigenvalue weighted by Crippen LogP contribution is -2.37. The quantitative estimate of drug-likeness (QED) is 0.0447. The molecule has 2 aromatic heterocycles. The van der Waals surface area contributed by atoms with E-state index in [4.69, 9.17) is 42.1 Å². The summed E-state index contributed by atoms with van der Waals surface area (Å²) in [4.78, 5) is 21.7. The maximum atomic E-state index is 13.7. The number of sulfonamides is 2. The zero-order chi connectivity index (χ0) is 54.5. The van der Waals surface area contributed by atoms with E-state index >= 15 is 0 Å². The number of carbonyl (C=O) groups excluding carboxylic acids is 1. The summed E-state index contributed by atoms with van der Waals surface area (Å²) in [5.74, 6) is 1.67. The highest BCUT2D eigenvalue weighted by Gasteiger charge is 2.49. The minimum absolute atomic E-state index is 0.111. The first-order valence-corrected chi connectivity index (χ1v) is 30.5. The van der Waals surface area contributed by atoms with Crippen LogP contribution in [0, 0.1) is 0 Å². The molecule has 0 aliphatic heterocycles. The van der Waals surface area contributed by atoms with Crippen LogP contribution in [0.1, 0.15) is 99.3 Å². The summed E-state index contributed by atoms with van der Waals surface area (Å²) in [6.45, 7) is 1.38. The maximum Gasteiger partial charge on any atom is 0.314 e. The molecule has 0 saturated heterocycles. The Kier molecular flexibility index (Phi) is 17.1. The van der Waals surface area contributed by atoms with Gasteiger partial charge in [0.15, 0.2) is 0 Å². The summed E-state index contributed by atoms with van der Waals surface area (Å²) in [5.41, 5.74) is 5.84. The molecule has 2 amide bonds. The van der Waals surface area contributed by atoms with Gasteiger partial charge in [-0.3, -0.25) is 9.97 Å². The molecule has 15 nitrogen and oxygen atoms in total. The zero-order valence-electron chi connectivity index (χ0n) is 44.0. The van der Waals surface area contributed by atoms with Crippen molar-refractivity contribution in [1.29, 1.82) is 0 Å². The lowest BCUT2D eigenvalue weighted by Gasteiger charge is -2.22. The van der Waals surface area contributed by atoms with E-state index in [1.165, 1.54) is 34.8 Å². The highest BCUT2D eigenvalue weighted by Crippen LogP contribution is 2.55. The second-order valence-electron chi connectivity index (χ2n) is 20.8. The lowest BCUT2D eigenvalue weighted by atomic mass is 9.96. The van der Waals surface area contributed by atoms with Crippen molar-refractivity contribution in [2.75, 3.05) is 40.3 Å². The van der Waals surface area contributed by atoms with Crippen molar-refractivity contribution in [1.82, 2.24) is 29.2 Å². The van der Waals surface area contributed by atoms with Crippen LogP contribution < -0.4 is 20.1 Å². The molecule has 4 aliphatic rings. The fourth-order valence-corrected chi connectivity index (χ4v) is 12.4. The van der Waals surface area contributed by atoms with Gasteiger partial charge in [-0.15, -0.1) is 0 Å². The van der Waals surface area contributed by atoms with Gasteiger partial charge in [-0.25, -0.2) is 30.2 Å². The predicted molar refractivity (Wildman–Crippen MR) is 300 cm³/mol. The Morgan fingerprint density at radius 1 is 0.577 bits per heavy atom. The molecule has 4 aromatic carbocycles. The largest absolute Gasteiger partial charge is 0.490 e. The third-order valence-corrected chi connectivity index (χ3v) is 19.3. The average Bonchev–Trinajstić information content (AvgIpc) is 4.20. The Morgan fingerprint density at radius 2 is 0.987 bits per heavy atom. The van der Waals surface area contributed by atoms with Crippen LogP contribution in [0.25, 0.3) is 22.3 Å². The summed E-state index contributed by atoms with van der Waals surface area (Å²) in [7, 11) is -4.65. The number of para-hydroxylation sites is 2. The number of urea groups is 1. The molecule has 0 atom stereocenters. The summed E-state index contributed by atoms with van der Waals surface area (Å²) in [6.07, 6.45) is 17.2. The second-order valence-corrected chi connectivity index (χ2v) is 25.7. The number of nitrogens with zero attached hydrogens (tertiary/aromatic N) is 4. The van der Waals surface area contributed by atoms with Crippen LogP contribution in [-0.4, -0.2) is 93.9 Å². The second kappa shape index (κ2) is 24.0. The molecular weight excluding hydrogens is 1070 g/mol. The Hall–Kier alpha value is -5.63. The monoisotopic (exact) mass is 1140 g/mol. The van der Waals surface area contributed by atoms with Crippen LogP contribution in [0.2, 0.25) is 10.0 Å². The average molecular weight is 1140 g/mol. The molecule has 0 unspecified atom stereocenters. The molecule has 0 spiro atoms. The number of ether oxygens (including phenoxy) is 4. The Labute approximate surface area is 468 Å². The van der Waals surface area contributed by atoms with Gasteiger partial charge in [0.05, 0.1) is 46.4 Å². The molecule has 4 aliphatic carbocycles. The number of nitrogens with one attached hydrogen (secondary N) is 2. The number of carbonyl (C=O) groups is 1. The Balaban J connectivity index is 0.638. The van der Waals surface area contributed by atoms with E-state index in [1.54, 1.807) is 36.7 Å². The van der Waals surface area contributed by atoms with Crippen LogP contribution in [0.15, 0.2) is 132 Å². The van der Waals surface area contributed by atoms with Crippen LogP contribution >= 0.6 is 23.2 Å². The molecule has 78 heavy (non-hydrogen) atoms. The third-order valence-electron chi connectivity index (χ3n) is 14.9. The fraction of sp³-hybridized carbons (Fsp3) is 0.407. The van der Waals surface area contributed by atoms with Crippen molar-refractivity contribution in [2.24, 2.45) is 0 Å². The fourth-order valence-electron chi connectivity index (χ4n) is 9.57. The van der Waals surface area contributed by atoms with E-state index in [2.05, 4.69) is 32.7 Å². The topological polar surface area (TPSA) is 179 Å². The van der Waals surface area contributed by atoms with Gasteiger partial charge in [-0.05, 0) is 160 Å². The van der Waals surface area contributed by atoms with Gasteiger partial charge in [0.25, 0.3) is 0 Å². The van der Waals surface area contributed by atoms with Crippen molar-refractivity contribution in [2.45, 2.75) is 123 Å². The summed E-state index contributed by atoms with van der Waals surface area (Å²) < 4.78 is 83.3.